The monoisotopic (exact) mass is 360 g/mol. The van der Waals surface area contributed by atoms with E-state index in [1.54, 1.807) is 24.3 Å². The highest BCUT2D eigenvalue weighted by molar-refractivity contribution is 5.95. The Balaban J connectivity index is 1.42. The third-order valence-electron chi connectivity index (χ3n) is 5.15. The minimum absolute atomic E-state index is 0.0279. The second kappa shape index (κ2) is 7.12. The lowest BCUT2D eigenvalue weighted by Gasteiger charge is -2.36. The van der Waals surface area contributed by atoms with Crippen LogP contribution in [0.2, 0.25) is 0 Å². The van der Waals surface area contributed by atoms with Crippen LogP contribution in [0.5, 0.6) is 0 Å². The lowest BCUT2D eigenvalue weighted by Crippen LogP contribution is -2.48. The number of carbonyl (C=O) groups is 2. The molecule has 0 unspecified atom stereocenters. The Morgan fingerprint density at radius 1 is 1.04 bits per heavy atom. The quantitative estimate of drug-likeness (QED) is 0.892. The van der Waals surface area contributed by atoms with Gasteiger partial charge >= 0.3 is 0 Å². The first-order valence-corrected chi connectivity index (χ1v) is 9.11. The van der Waals surface area contributed by atoms with Crippen molar-refractivity contribution in [3.05, 3.63) is 59.2 Å². The summed E-state index contributed by atoms with van der Waals surface area (Å²) in [7, 11) is 0. The van der Waals surface area contributed by atoms with E-state index in [1.807, 2.05) is 17.0 Å². The van der Waals surface area contributed by atoms with Crippen molar-refractivity contribution in [1.29, 1.82) is 5.26 Å². The minimum atomic E-state index is -0.0279. The first-order chi connectivity index (χ1) is 13.1. The number of amides is 2. The molecule has 136 valence electrons. The van der Waals surface area contributed by atoms with Crippen LogP contribution in [0.1, 0.15) is 27.9 Å². The molecule has 2 heterocycles. The molecule has 2 aromatic rings. The topological polar surface area (TPSA) is 76.4 Å². The van der Waals surface area contributed by atoms with Gasteiger partial charge in [0.1, 0.15) is 0 Å². The molecule has 6 heteroatoms. The molecule has 1 fully saturated rings. The first-order valence-electron chi connectivity index (χ1n) is 9.11. The molecule has 0 radical (unpaired) electrons. The van der Waals surface area contributed by atoms with Crippen molar-refractivity contribution in [3.8, 4) is 6.07 Å². The Kier molecular flexibility index (Phi) is 4.51. The van der Waals surface area contributed by atoms with Gasteiger partial charge in [-0.1, -0.05) is 6.07 Å². The summed E-state index contributed by atoms with van der Waals surface area (Å²) >= 11 is 0. The van der Waals surface area contributed by atoms with Crippen LogP contribution in [0.4, 0.5) is 11.4 Å². The second-order valence-corrected chi connectivity index (χ2v) is 6.86. The Hall–Kier alpha value is -3.33. The fourth-order valence-corrected chi connectivity index (χ4v) is 3.64. The molecular formula is C21H20N4O2. The average Bonchev–Trinajstić information content (AvgIpc) is 2.73. The zero-order chi connectivity index (χ0) is 18.8. The number of hydrogen-bond acceptors (Lipinski definition) is 4. The molecule has 2 aromatic carbocycles. The van der Waals surface area contributed by atoms with Gasteiger partial charge < -0.3 is 15.1 Å². The lowest BCUT2D eigenvalue weighted by molar-refractivity contribution is -0.116. The van der Waals surface area contributed by atoms with Crippen molar-refractivity contribution in [2.24, 2.45) is 0 Å². The molecule has 2 aliphatic heterocycles. The van der Waals surface area contributed by atoms with E-state index in [4.69, 9.17) is 5.26 Å². The maximum atomic E-state index is 12.7. The summed E-state index contributed by atoms with van der Waals surface area (Å²) < 4.78 is 0. The van der Waals surface area contributed by atoms with Gasteiger partial charge in [-0.05, 0) is 48.4 Å². The van der Waals surface area contributed by atoms with E-state index in [0.29, 0.717) is 30.6 Å². The maximum Gasteiger partial charge on any atom is 0.254 e. The van der Waals surface area contributed by atoms with Gasteiger partial charge in [0.25, 0.3) is 5.91 Å². The van der Waals surface area contributed by atoms with Crippen molar-refractivity contribution in [3.63, 3.8) is 0 Å². The zero-order valence-corrected chi connectivity index (χ0v) is 14.9. The van der Waals surface area contributed by atoms with E-state index >= 15 is 0 Å². The molecule has 4 rings (SSSR count). The predicted octanol–water partition coefficient (Wildman–Crippen LogP) is 2.41. The van der Waals surface area contributed by atoms with Crippen molar-refractivity contribution < 1.29 is 9.59 Å². The van der Waals surface area contributed by atoms with Crippen molar-refractivity contribution in [2.75, 3.05) is 36.4 Å². The Morgan fingerprint density at radius 2 is 1.85 bits per heavy atom. The van der Waals surface area contributed by atoms with Gasteiger partial charge in [-0.3, -0.25) is 9.59 Å². The molecule has 0 saturated carbocycles. The number of aryl methyl sites for hydroxylation is 1. The zero-order valence-electron chi connectivity index (χ0n) is 14.9. The highest BCUT2D eigenvalue weighted by atomic mass is 16.2. The van der Waals surface area contributed by atoms with E-state index in [2.05, 4.69) is 22.4 Å². The largest absolute Gasteiger partial charge is 0.368 e. The van der Waals surface area contributed by atoms with Gasteiger partial charge in [0.05, 0.1) is 11.6 Å². The molecule has 0 atom stereocenters. The molecule has 1 N–H and O–H groups in total. The van der Waals surface area contributed by atoms with Crippen LogP contribution >= 0.6 is 0 Å². The molecule has 2 aliphatic rings. The summed E-state index contributed by atoms with van der Waals surface area (Å²) in [5.41, 5.74) is 4.26. The maximum absolute atomic E-state index is 12.7. The lowest BCUT2D eigenvalue weighted by atomic mass is 10.0. The number of rotatable bonds is 2. The summed E-state index contributed by atoms with van der Waals surface area (Å²) in [5.74, 6) is 0.0442. The van der Waals surface area contributed by atoms with Crippen LogP contribution in [-0.4, -0.2) is 42.9 Å². The van der Waals surface area contributed by atoms with Gasteiger partial charge in [0, 0.05) is 49.5 Å². The third kappa shape index (κ3) is 3.49. The number of hydrogen-bond donors (Lipinski definition) is 1. The Morgan fingerprint density at radius 3 is 2.63 bits per heavy atom. The van der Waals surface area contributed by atoms with Crippen LogP contribution in [0.15, 0.2) is 42.5 Å². The Bertz CT molecular complexity index is 939. The van der Waals surface area contributed by atoms with Gasteiger partial charge in [-0.15, -0.1) is 0 Å². The van der Waals surface area contributed by atoms with Crippen molar-refractivity contribution in [2.45, 2.75) is 12.8 Å². The van der Waals surface area contributed by atoms with Gasteiger partial charge in [0.2, 0.25) is 5.91 Å². The fraction of sp³-hybridized carbons (Fsp3) is 0.286. The smallest absolute Gasteiger partial charge is 0.254 e. The molecule has 0 aliphatic carbocycles. The van der Waals surface area contributed by atoms with Crippen molar-refractivity contribution in [1.82, 2.24) is 4.90 Å². The van der Waals surface area contributed by atoms with Crippen LogP contribution in [0.25, 0.3) is 0 Å². The number of fused-ring (bicyclic) bond motifs is 1. The van der Waals surface area contributed by atoms with E-state index in [0.717, 1.165) is 30.9 Å². The highest BCUT2D eigenvalue weighted by Crippen LogP contribution is 2.28. The fourth-order valence-electron chi connectivity index (χ4n) is 3.64. The highest BCUT2D eigenvalue weighted by Gasteiger charge is 2.23. The molecule has 6 nitrogen and oxygen atoms in total. The van der Waals surface area contributed by atoms with E-state index in [1.165, 1.54) is 5.56 Å². The Labute approximate surface area is 158 Å². The summed E-state index contributed by atoms with van der Waals surface area (Å²) in [6.07, 6.45) is 1.29. The number of piperazine rings is 1. The number of anilines is 2. The van der Waals surface area contributed by atoms with Crippen LogP contribution in [0.3, 0.4) is 0 Å². The number of benzene rings is 2. The third-order valence-corrected chi connectivity index (χ3v) is 5.15. The molecular weight excluding hydrogens is 340 g/mol. The second-order valence-electron chi connectivity index (χ2n) is 6.86. The van der Waals surface area contributed by atoms with E-state index in [9.17, 15) is 9.59 Å². The van der Waals surface area contributed by atoms with Crippen LogP contribution in [-0.2, 0) is 11.2 Å². The molecule has 1 saturated heterocycles. The van der Waals surface area contributed by atoms with Gasteiger partial charge in [-0.25, -0.2) is 0 Å². The molecule has 2 amide bonds. The first kappa shape index (κ1) is 17.1. The molecule has 27 heavy (non-hydrogen) atoms. The molecule has 0 aromatic heterocycles. The van der Waals surface area contributed by atoms with Crippen LogP contribution < -0.4 is 10.2 Å². The number of nitriles is 1. The molecule has 0 spiro atoms. The number of carbonyl (C=O) groups excluding carboxylic acids is 2. The predicted molar refractivity (Wildman–Crippen MR) is 103 cm³/mol. The minimum Gasteiger partial charge on any atom is -0.368 e. The van der Waals surface area contributed by atoms with Crippen molar-refractivity contribution >= 4 is 23.2 Å². The van der Waals surface area contributed by atoms with E-state index in [-0.39, 0.29) is 11.8 Å². The molecule has 0 bridgehead atoms. The van der Waals surface area contributed by atoms with Gasteiger partial charge in [0.15, 0.2) is 0 Å². The average molecular weight is 360 g/mol. The standard InChI is InChI=1S/C21H20N4O2/c22-14-15-2-1-3-17(12-15)21(27)25-10-8-24(9-11-25)18-5-6-19-16(13-18)4-7-20(26)23-19/h1-3,5-6,12-13H,4,7-11H2,(H,23,26). The SMILES string of the molecule is N#Cc1cccc(C(=O)N2CCN(c3ccc4c(c3)CCC(=O)N4)CC2)c1. The number of nitrogens with one attached hydrogen (secondary N) is 1. The summed E-state index contributed by atoms with van der Waals surface area (Å²) in [6, 6.07) is 15.1. The summed E-state index contributed by atoms with van der Waals surface area (Å²) in [4.78, 5) is 28.3. The normalized spacial score (nSPS) is 16.3. The number of nitrogens with zero attached hydrogens (tertiary/aromatic N) is 3. The van der Waals surface area contributed by atoms with Crippen LogP contribution in [0, 0.1) is 11.3 Å². The van der Waals surface area contributed by atoms with E-state index < -0.39 is 0 Å². The summed E-state index contributed by atoms with van der Waals surface area (Å²) in [5, 5.41) is 11.9. The van der Waals surface area contributed by atoms with Gasteiger partial charge in [-0.2, -0.15) is 5.26 Å². The summed E-state index contributed by atoms with van der Waals surface area (Å²) in [6.45, 7) is 2.80.